The molecule has 6 aromatic carbocycles. The molecule has 3 aliphatic carbocycles. The van der Waals surface area contributed by atoms with Crippen molar-refractivity contribution in [1.82, 2.24) is 0 Å². The van der Waals surface area contributed by atoms with Crippen LogP contribution in [0.15, 0.2) is 127 Å². The van der Waals surface area contributed by atoms with Crippen LogP contribution in [-0.4, -0.2) is 11.1 Å². The van der Waals surface area contributed by atoms with Gasteiger partial charge in [-0.2, -0.15) is 0 Å². The average molecular weight is 519 g/mol. The minimum absolute atomic E-state index is 0.0884. The summed E-state index contributed by atoms with van der Waals surface area (Å²) in [4.78, 5) is 14.5. The highest BCUT2D eigenvalue weighted by Gasteiger charge is 2.54. The molecule has 0 aliphatic heterocycles. The van der Waals surface area contributed by atoms with E-state index in [1.54, 1.807) is 0 Å². The van der Waals surface area contributed by atoms with Crippen LogP contribution in [0.5, 0.6) is 11.5 Å². The molecular formula is C37H26O3. The highest BCUT2D eigenvalue weighted by atomic mass is 16.5. The van der Waals surface area contributed by atoms with Crippen LogP contribution in [0.1, 0.15) is 45.6 Å². The Balaban J connectivity index is 1.35. The second-order valence-corrected chi connectivity index (χ2v) is 10.9. The summed E-state index contributed by atoms with van der Waals surface area (Å²) in [7, 11) is 0. The Bertz CT molecular complexity index is 1900. The number of phenols is 1. The Morgan fingerprint density at radius 1 is 0.525 bits per heavy atom. The standard InChI is InChI=1S/C37H26O3/c38-36-25-14-4-2-11-23(25)20-21-30(36)34-32-26-15-5-7-17-28(26)33(29-18-8-6-16-27(29)32)35(34)37(39)40-31-19-9-12-22-10-1-3-13-24(22)31/h1-21,32-35,38H. The number of esters is 1. The van der Waals surface area contributed by atoms with Crippen molar-refractivity contribution >= 4 is 27.5 Å². The molecule has 2 unspecified atom stereocenters. The molecule has 0 spiro atoms. The van der Waals surface area contributed by atoms with Crippen LogP contribution >= 0.6 is 0 Å². The number of rotatable bonds is 3. The second-order valence-electron chi connectivity index (χ2n) is 10.9. The van der Waals surface area contributed by atoms with Crippen LogP contribution in [0.3, 0.4) is 0 Å². The monoisotopic (exact) mass is 518 g/mol. The fourth-order valence-corrected chi connectivity index (χ4v) is 7.34. The van der Waals surface area contributed by atoms with Crippen LogP contribution in [0, 0.1) is 5.92 Å². The lowest BCUT2D eigenvalue weighted by Crippen LogP contribution is -2.43. The number of hydrogen-bond acceptors (Lipinski definition) is 3. The largest absolute Gasteiger partial charge is 0.507 e. The zero-order chi connectivity index (χ0) is 26.8. The summed E-state index contributed by atoms with van der Waals surface area (Å²) < 4.78 is 6.31. The van der Waals surface area contributed by atoms with Gasteiger partial charge in [0.2, 0.25) is 0 Å². The molecular weight excluding hydrogens is 492 g/mol. The minimum atomic E-state index is -0.513. The van der Waals surface area contributed by atoms with Crippen molar-refractivity contribution in [2.24, 2.45) is 5.92 Å². The van der Waals surface area contributed by atoms with Crippen LogP contribution in [0.25, 0.3) is 21.5 Å². The maximum Gasteiger partial charge on any atom is 0.315 e. The van der Waals surface area contributed by atoms with Crippen molar-refractivity contribution < 1.29 is 14.6 Å². The van der Waals surface area contributed by atoms with E-state index in [-0.39, 0.29) is 29.5 Å². The van der Waals surface area contributed by atoms with E-state index in [1.165, 1.54) is 22.3 Å². The van der Waals surface area contributed by atoms with Crippen molar-refractivity contribution in [3.63, 3.8) is 0 Å². The number of hydrogen-bond donors (Lipinski definition) is 1. The van der Waals surface area contributed by atoms with E-state index >= 15 is 0 Å². The third-order valence-electron chi connectivity index (χ3n) is 8.96. The average Bonchev–Trinajstić information content (AvgIpc) is 3.01. The lowest BCUT2D eigenvalue weighted by molar-refractivity contribution is -0.141. The van der Waals surface area contributed by atoms with E-state index in [0.717, 1.165) is 27.1 Å². The first-order valence-corrected chi connectivity index (χ1v) is 13.8. The van der Waals surface area contributed by atoms with Crippen molar-refractivity contribution in [3.05, 3.63) is 155 Å². The van der Waals surface area contributed by atoms with Gasteiger partial charge in [-0.3, -0.25) is 4.79 Å². The number of phenolic OH excluding ortho intramolecular Hbond substituents is 1. The molecule has 0 radical (unpaired) electrons. The Hall–Kier alpha value is -4.89. The molecule has 0 fully saturated rings. The maximum atomic E-state index is 14.5. The first kappa shape index (κ1) is 23.0. The fraction of sp³-hybridized carbons (Fsp3) is 0.108. The van der Waals surface area contributed by atoms with E-state index in [2.05, 4.69) is 54.6 Å². The van der Waals surface area contributed by atoms with Gasteiger partial charge >= 0.3 is 5.97 Å². The molecule has 3 nitrogen and oxygen atoms in total. The zero-order valence-electron chi connectivity index (χ0n) is 21.7. The molecule has 0 heterocycles. The first-order chi connectivity index (χ1) is 19.7. The highest BCUT2D eigenvalue weighted by Crippen LogP contribution is 2.63. The molecule has 6 aromatic rings. The van der Waals surface area contributed by atoms with Gasteiger partial charge in [-0.25, -0.2) is 0 Å². The minimum Gasteiger partial charge on any atom is -0.507 e. The quantitative estimate of drug-likeness (QED) is 0.189. The molecule has 40 heavy (non-hydrogen) atoms. The maximum absolute atomic E-state index is 14.5. The van der Waals surface area contributed by atoms with Gasteiger partial charge in [0.15, 0.2) is 0 Å². The van der Waals surface area contributed by atoms with Crippen molar-refractivity contribution in [2.75, 3.05) is 0 Å². The Labute approximate surface area is 232 Å². The zero-order valence-corrected chi connectivity index (χ0v) is 21.7. The number of carbonyl (C=O) groups is 1. The summed E-state index contributed by atoms with van der Waals surface area (Å²) in [5, 5.41) is 15.4. The highest BCUT2D eigenvalue weighted by molar-refractivity contribution is 5.93. The predicted octanol–water partition coefficient (Wildman–Crippen LogP) is 8.30. The predicted molar refractivity (Wildman–Crippen MR) is 158 cm³/mol. The number of benzene rings is 6. The number of fused-ring (bicyclic) bond motifs is 3. The molecule has 0 saturated carbocycles. The number of ether oxygens (including phenoxy) is 1. The lowest BCUT2D eigenvalue weighted by atomic mass is 9.52. The molecule has 2 atom stereocenters. The topological polar surface area (TPSA) is 46.5 Å². The molecule has 192 valence electrons. The van der Waals surface area contributed by atoms with Crippen LogP contribution in [0.4, 0.5) is 0 Å². The summed E-state index contributed by atoms with van der Waals surface area (Å²) >= 11 is 0. The van der Waals surface area contributed by atoms with Crippen LogP contribution < -0.4 is 4.74 Å². The summed E-state index contributed by atoms with van der Waals surface area (Å²) in [5.74, 6) is -0.540. The van der Waals surface area contributed by atoms with Gasteiger partial charge in [0.05, 0.1) is 5.92 Å². The molecule has 1 N–H and O–H groups in total. The molecule has 0 saturated heterocycles. The van der Waals surface area contributed by atoms with Gasteiger partial charge in [0.1, 0.15) is 11.5 Å². The summed E-state index contributed by atoms with van der Waals surface area (Å²) in [6, 6.07) is 42.6. The smallest absolute Gasteiger partial charge is 0.315 e. The van der Waals surface area contributed by atoms with Gasteiger partial charge in [-0.1, -0.05) is 121 Å². The molecule has 3 heteroatoms. The summed E-state index contributed by atoms with van der Waals surface area (Å²) in [6.07, 6.45) is 0. The molecule has 0 amide bonds. The van der Waals surface area contributed by atoms with Gasteiger partial charge in [-0.05, 0) is 44.7 Å². The molecule has 0 aromatic heterocycles. The molecule has 9 rings (SSSR count). The number of aromatic hydroxyl groups is 1. The van der Waals surface area contributed by atoms with E-state index < -0.39 is 5.92 Å². The second kappa shape index (κ2) is 8.82. The van der Waals surface area contributed by atoms with Gasteiger partial charge < -0.3 is 9.84 Å². The van der Waals surface area contributed by atoms with Gasteiger partial charge in [0.25, 0.3) is 0 Å². The van der Waals surface area contributed by atoms with E-state index in [0.29, 0.717) is 5.75 Å². The van der Waals surface area contributed by atoms with Crippen LogP contribution in [0.2, 0.25) is 0 Å². The molecule has 2 bridgehead atoms. The summed E-state index contributed by atoms with van der Waals surface area (Å²) in [5.41, 5.74) is 5.57. The van der Waals surface area contributed by atoms with E-state index in [1.807, 2.05) is 72.8 Å². The number of carbonyl (C=O) groups excluding carboxylic acids is 1. The van der Waals surface area contributed by atoms with Gasteiger partial charge in [0, 0.05) is 28.5 Å². The fourth-order valence-electron chi connectivity index (χ4n) is 7.34. The van der Waals surface area contributed by atoms with Crippen molar-refractivity contribution in [1.29, 1.82) is 0 Å². The Morgan fingerprint density at radius 3 is 1.73 bits per heavy atom. The van der Waals surface area contributed by atoms with Crippen molar-refractivity contribution in [3.8, 4) is 11.5 Å². The first-order valence-electron chi connectivity index (χ1n) is 13.8. The third-order valence-corrected chi connectivity index (χ3v) is 8.96. The van der Waals surface area contributed by atoms with Gasteiger partial charge in [-0.15, -0.1) is 0 Å². The molecule has 3 aliphatic rings. The third kappa shape index (κ3) is 3.27. The van der Waals surface area contributed by atoms with E-state index in [9.17, 15) is 9.90 Å². The summed E-state index contributed by atoms with van der Waals surface area (Å²) in [6.45, 7) is 0. The van der Waals surface area contributed by atoms with Crippen LogP contribution in [-0.2, 0) is 4.79 Å². The lowest BCUT2D eigenvalue weighted by Gasteiger charge is -2.50. The normalized spacial score (nSPS) is 20.7. The SMILES string of the molecule is O=C(Oc1cccc2ccccc12)C1C2c3ccccc3C(c3ccccc32)C1c1ccc2ccccc2c1O. The Morgan fingerprint density at radius 2 is 1.05 bits per heavy atom. The Kier molecular flexibility index (Phi) is 5.08. The van der Waals surface area contributed by atoms with Crippen molar-refractivity contribution in [2.45, 2.75) is 17.8 Å². The van der Waals surface area contributed by atoms with E-state index in [4.69, 9.17) is 4.74 Å².